The molecule has 6 heteroatoms. The van der Waals surface area contributed by atoms with Gasteiger partial charge < -0.3 is 0 Å². The molecule has 0 saturated heterocycles. The van der Waals surface area contributed by atoms with Crippen molar-refractivity contribution in [2.24, 2.45) is 5.92 Å². The fourth-order valence-corrected chi connectivity index (χ4v) is 3.44. The Balaban J connectivity index is 1.71. The van der Waals surface area contributed by atoms with Crippen LogP contribution in [0.4, 0.5) is 9.52 Å². The zero-order chi connectivity index (χ0) is 15.7. The number of amides is 1. The van der Waals surface area contributed by atoms with Crippen LogP contribution in [0.25, 0.3) is 0 Å². The summed E-state index contributed by atoms with van der Waals surface area (Å²) in [7, 11) is 0. The van der Waals surface area contributed by atoms with E-state index in [4.69, 9.17) is 0 Å². The number of carbonyl (C=O) groups is 1. The van der Waals surface area contributed by atoms with Gasteiger partial charge in [-0.2, -0.15) is 0 Å². The Kier molecular flexibility index (Phi) is 3.95. The van der Waals surface area contributed by atoms with Gasteiger partial charge in [-0.05, 0) is 36.5 Å². The Hall–Kier alpha value is -1.82. The van der Waals surface area contributed by atoms with E-state index in [1.807, 2.05) is 0 Å². The summed E-state index contributed by atoms with van der Waals surface area (Å²) >= 11 is 1.42. The van der Waals surface area contributed by atoms with Gasteiger partial charge in [-0.25, -0.2) is 4.39 Å². The van der Waals surface area contributed by atoms with E-state index in [1.54, 1.807) is 12.1 Å². The third kappa shape index (κ3) is 3.02. The number of hydrogen-bond acceptors (Lipinski definition) is 4. The first-order valence-electron chi connectivity index (χ1n) is 7.39. The van der Waals surface area contributed by atoms with E-state index in [0.717, 1.165) is 29.8 Å². The molecule has 0 bridgehead atoms. The predicted molar refractivity (Wildman–Crippen MR) is 84.4 cm³/mol. The first kappa shape index (κ1) is 15.1. The third-order valence-electron chi connectivity index (χ3n) is 3.85. The second-order valence-electron chi connectivity index (χ2n) is 6.14. The summed E-state index contributed by atoms with van der Waals surface area (Å²) in [6, 6.07) is 6.17. The number of hydrogen-bond donors (Lipinski definition) is 1. The standard InChI is InChI=1S/C16H18FN3OS/c1-10(2)9-13-19-20-15(22-13)18-14(21)16(7-8-16)11-3-5-12(17)6-4-11/h3-6,10H,7-9H2,1-2H3,(H,18,20,21). The lowest BCUT2D eigenvalue weighted by Crippen LogP contribution is -2.27. The van der Waals surface area contributed by atoms with Gasteiger partial charge in [0.25, 0.3) is 0 Å². The largest absolute Gasteiger partial charge is 0.300 e. The highest BCUT2D eigenvalue weighted by Gasteiger charge is 2.51. The zero-order valence-corrected chi connectivity index (χ0v) is 13.4. The molecule has 1 aliphatic rings. The zero-order valence-electron chi connectivity index (χ0n) is 12.6. The molecular weight excluding hydrogens is 301 g/mol. The quantitative estimate of drug-likeness (QED) is 0.917. The molecule has 1 heterocycles. The van der Waals surface area contributed by atoms with Crippen LogP contribution in [0.5, 0.6) is 0 Å². The summed E-state index contributed by atoms with van der Waals surface area (Å²) in [5.41, 5.74) is 0.329. The van der Waals surface area contributed by atoms with E-state index in [1.165, 1.54) is 23.5 Å². The average molecular weight is 319 g/mol. The fourth-order valence-electron chi connectivity index (χ4n) is 2.49. The molecular formula is C16H18FN3OS. The summed E-state index contributed by atoms with van der Waals surface area (Å²) in [5.74, 6) is 0.138. The highest BCUT2D eigenvalue weighted by Crippen LogP contribution is 2.49. The van der Waals surface area contributed by atoms with Gasteiger partial charge in [0.05, 0.1) is 5.41 Å². The van der Waals surface area contributed by atoms with Gasteiger partial charge in [-0.15, -0.1) is 10.2 Å². The van der Waals surface area contributed by atoms with Crippen molar-refractivity contribution in [3.63, 3.8) is 0 Å². The van der Waals surface area contributed by atoms with Crippen LogP contribution in [0.3, 0.4) is 0 Å². The highest BCUT2D eigenvalue weighted by molar-refractivity contribution is 7.15. The molecule has 1 saturated carbocycles. The molecule has 2 aromatic rings. The molecule has 116 valence electrons. The van der Waals surface area contributed by atoms with Crippen molar-refractivity contribution >= 4 is 22.4 Å². The number of rotatable bonds is 5. The lowest BCUT2D eigenvalue weighted by molar-refractivity contribution is -0.118. The molecule has 1 N–H and O–H groups in total. The fraction of sp³-hybridized carbons (Fsp3) is 0.438. The Labute approximate surface area is 132 Å². The van der Waals surface area contributed by atoms with Gasteiger partial charge >= 0.3 is 0 Å². The van der Waals surface area contributed by atoms with E-state index in [9.17, 15) is 9.18 Å². The van der Waals surface area contributed by atoms with Crippen LogP contribution in [-0.2, 0) is 16.6 Å². The Morgan fingerprint density at radius 1 is 1.32 bits per heavy atom. The van der Waals surface area contributed by atoms with Gasteiger partial charge in [-0.1, -0.05) is 37.3 Å². The highest BCUT2D eigenvalue weighted by atomic mass is 32.1. The molecule has 1 fully saturated rings. The number of nitrogens with zero attached hydrogens (tertiary/aromatic N) is 2. The van der Waals surface area contributed by atoms with Gasteiger partial charge in [0.2, 0.25) is 11.0 Å². The first-order chi connectivity index (χ1) is 10.5. The number of anilines is 1. The smallest absolute Gasteiger partial charge is 0.236 e. The molecule has 1 aromatic heterocycles. The molecule has 3 rings (SSSR count). The number of benzene rings is 1. The SMILES string of the molecule is CC(C)Cc1nnc(NC(=O)C2(c3ccc(F)cc3)CC2)s1. The van der Waals surface area contributed by atoms with Crippen LogP contribution in [0.1, 0.15) is 37.3 Å². The summed E-state index contributed by atoms with van der Waals surface area (Å²) in [4.78, 5) is 12.5. The van der Waals surface area contributed by atoms with Crippen molar-refractivity contribution in [1.82, 2.24) is 10.2 Å². The lowest BCUT2D eigenvalue weighted by Gasteiger charge is -2.14. The molecule has 0 aliphatic heterocycles. The summed E-state index contributed by atoms with van der Waals surface area (Å²) in [5, 5.41) is 12.5. The second kappa shape index (κ2) is 5.76. The van der Waals surface area contributed by atoms with E-state index >= 15 is 0 Å². The van der Waals surface area contributed by atoms with Crippen molar-refractivity contribution in [2.45, 2.75) is 38.5 Å². The van der Waals surface area contributed by atoms with Gasteiger partial charge in [-0.3, -0.25) is 10.1 Å². The normalized spacial score (nSPS) is 15.8. The molecule has 0 atom stereocenters. The summed E-state index contributed by atoms with van der Waals surface area (Å²) < 4.78 is 13.0. The van der Waals surface area contributed by atoms with E-state index in [2.05, 4.69) is 29.4 Å². The molecule has 1 amide bonds. The van der Waals surface area contributed by atoms with Crippen LogP contribution < -0.4 is 5.32 Å². The van der Waals surface area contributed by atoms with Crippen LogP contribution in [-0.4, -0.2) is 16.1 Å². The van der Waals surface area contributed by atoms with Crippen LogP contribution in [0.15, 0.2) is 24.3 Å². The van der Waals surface area contributed by atoms with Crippen LogP contribution in [0, 0.1) is 11.7 Å². The number of nitrogens with one attached hydrogen (secondary N) is 1. The Bertz CT molecular complexity index is 677. The maximum absolute atomic E-state index is 13.0. The molecule has 1 aromatic carbocycles. The predicted octanol–water partition coefficient (Wildman–Crippen LogP) is 3.55. The topological polar surface area (TPSA) is 54.9 Å². The van der Waals surface area contributed by atoms with Crippen molar-refractivity contribution in [1.29, 1.82) is 0 Å². The monoisotopic (exact) mass is 319 g/mol. The third-order valence-corrected chi connectivity index (χ3v) is 4.71. The van der Waals surface area contributed by atoms with Crippen LogP contribution >= 0.6 is 11.3 Å². The van der Waals surface area contributed by atoms with E-state index in [0.29, 0.717) is 11.0 Å². The molecule has 0 radical (unpaired) electrons. The van der Waals surface area contributed by atoms with E-state index < -0.39 is 5.41 Å². The summed E-state index contributed by atoms with van der Waals surface area (Å²) in [6.07, 6.45) is 2.42. The average Bonchev–Trinajstić information content (AvgIpc) is 3.17. The first-order valence-corrected chi connectivity index (χ1v) is 8.21. The van der Waals surface area contributed by atoms with Crippen molar-refractivity contribution in [3.8, 4) is 0 Å². The Morgan fingerprint density at radius 2 is 2.00 bits per heavy atom. The molecule has 22 heavy (non-hydrogen) atoms. The minimum absolute atomic E-state index is 0.0774. The number of aromatic nitrogens is 2. The maximum Gasteiger partial charge on any atom is 0.236 e. The van der Waals surface area contributed by atoms with Crippen molar-refractivity contribution in [3.05, 3.63) is 40.7 Å². The van der Waals surface area contributed by atoms with Gasteiger partial charge in [0.15, 0.2) is 0 Å². The molecule has 4 nitrogen and oxygen atoms in total. The second-order valence-corrected chi connectivity index (χ2v) is 7.20. The number of halogens is 1. The minimum atomic E-state index is -0.530. The van der Waals surface area contributed by atoms with Gasteiger partial charge in [0, 0.05) is 6.42 Å². The van der Waals surface area contributed by atoms with Crippen molar-refractivity contribution in [2.75, 3.05) is 5.32 Å². The summed E-state index contributed by atoms with van der Waals surface area (Å²) in [6.45, 7) is 4.24. The van der Waals surface area contributed by atoms with Gasteiger partial charge in [0.1, 0.15) is 10.8 Å². The minimum Gasteiger partial charge on any atom is -0.300 e. The van der Waals surface area contributed by atoms with E-state index in [-0.39, 0.29) is 11.7 Å². The maximum atomic E-state index is 13.0. The Morgan fingerprint density at radius 3 is 2.59 bits per heavy atom. The van der Waals surface area contributed by atoms with Crippen LogP contribution in [0.2, 0.25) is 0 Å². The molecule has 0 unspecified atom stereocenters. The molecule has 1 aliphatic carbocycles. The lowest BCUT2D eigenvalue weighted by atomic mass is 9.95. The molecule has 0 spiro atoms. The number of carbonyl (C=O) groups excluding carboxylic acids is 1. The van der Waals surface area contributed by atoms with Crippen molar-refractivity contribution < 1.29 is 9.18 Å².